The normalized spacial score (nSPS) is 10.5. The molecule has 1 aromatic heterocycles. The van der Waals surface area contributed by atoms with E-state index in [0.29, 0.717) is 23.7 Å². The number of carbonyl (C=O) groups excluding carboxylic acids is 2. The highest BCUT2D eigenvalue weighted by Crippen LogP contribution is 2.17. The van der Waals surface area contributed by atoms with Crippen molar-refractivity contribution in [3.8, 4) is 0 Å². The molecule has 0 unspecified atom stereocenters. The monoisotopic (exact) mass is 238 g/mol. The van der Waals surface area contributed by atoms with Gasteiger partial charge >= 0.3 is 11.9 Å². The Balaban J connectivity index is 2.85. The number of rotatable bonds is 4. The summed E-state index contributed by atoms with van der Waals surface area (Å²) in [6.45, 7) is 3.68. The second kappa shape index (κ2) is 5.89. The van der Waals surface area contributed by atoms with Crippen molar-refractivity contribution >= 4 is 18.0 Å². The Kier molecular flexibility index (Phi) is 4.51. The molecule has 0 saturated carbocycles. The predicted molar refractivity (Wildman–Crippen MR) is 60.5 cm³/mol. The Morgan fingerprint density at radius 2 is 2.18 bits per heavy atom. The smallest absolute Gasteiger partial charge is 0.341 e. The fourth-order valence-electron chi connectivity index (χ4n) is 1.22. The molecule has 0 amide bonds. The van der Waals surface area contributed by atoms with Crippen LogP contribution in [0.2, 0.25) is 0 Å². The molecule has 0 fully saturated rings. The average molecular weight is 238 g/mol. The summed E-state index contributed by atoms with van der Waals surface area (Å²) in [5.41, 5.74) is 0.358. The van der Waals surface area contributed by atoms with Crippen LogP contribution in [0.1, 0.15) is 28.8 Å². The highest BCUT2D eigenvalue weighted by molar-refractivity contribution is 5.92. The Morgan fingerprint density at radius 1 is 1.47 bits per heavy atom. The van der Waals surface area contributed by atoms with Crippen molar-refractivity contribution in [2.45, 2.75) is 13.8 Å². The molecule has 1 aromatic rings. The number of methoxy groups -OCH3 is 1. The maximum Gasteiger partial charge on any atom is 0.341 e. The van der Waals surface area contributed by atoms with Gasteiger partial charge in [-0.3, -0.25) is 0 Å². The zero-order chi connectivity index (χ0) is 12.8. The van der Waals surface area contributed by atoms with Gasteiger partial charge in [0.2, 0.25) is 0 Å². The molecule has 1 heterocycles. The van der Waals surface area contributed by atoms with E-state index in [1.54, 1.807) is 13.8 Å². The first-order valence-electron chi connectivity index (χ1n) is 5.12. The summed E-state index contributed by atoms with van der Waals surface area (Å²) in [5, 5.41) is 0. The second-order valence-corrected chi connectivity index (χ2v) is 3.20. The van der Waals surface area contributed by atoms with E-state index >= 15 is 0 Å². The number of aryl methyl sites for hydroxylation is 1. The van der Waals surface area contributed by atoms with Crippen LogP contribution in [0.3, 0.4) is 0 Å². The summed E-state index contributed by atoms with van der Waals surface area (Å²) in [4.78, 5) is 22.3. The lowest BCUT2D eigenvalue weighted by atomic mass is 10.2. The molecule has 0 aliphatic rings. The number of hydrogen-bond donors (Lipinski definition) is 0. The molecule has 0 saturated heterocycles. The first-order chi connectivity index (χ1) is 8.08. The van der Waals surface area contributed by atoms with E-state index in [-0.39, 0.29) is 0 Å². The van der Waals surface area contributed by atoms with Crippen molar-refractivity contribution < 1.29 is 23.5 Å². The molecule has 0 atom stereocenters. The third kappa shape index (κ3) is 3.48. The average Bonchev–Trinajstić information content (AvgIpc) is 2.68. The van der Waals surface area contributed by atoms with Gasteiger partial charge in [-0.1, -0.05) is 0 Å². The van der Waals surface area contributed by atoms with E-state index in [2.05, 4.69) is 4.74 Å². The van der Waals surface area contributed by atoms with Gasteiger partial charge in [0.15, 0.2) is 0 Å². The largest absolute Gasteiger partial charge is 0.466 e. The van der Waals surface area contributed by atoms with Crippen molar-refractivity contribution in [3.63, 3.8) is 0 Å². The van der Waals surface area contributed by atoms with Gasteiger partial charge in [0.05, 0.1) is 13.7 Å². The molecule has 0 aliphatic carbocycles. The van der Waals surface area contributed by atoms with Gasteiger partial charge in [0, 0.05) is 6.08 Å². The van der Waals surface area contributed by atoms with Gasteiger partial charge in [-0.15, -0.1) is 0 Å². The van der Waals surface area contributed by atoms with E-state index < -0.39 is 11.9 Å². The molecule has 0 N–H and O–H groups in total. The Bertz CT molecular complexity index is 442. The molecule has 92 valence electrons. The minimum atomic E-state index is -0.489. The van der Waals surface area contributed by atoms with Crippen molar-refractivity contribution in [1.82, 2.24) is 0 Å². The number of ether oxygens (including phenoxy) is 2. The maximum absolute atomic E-state index is 11.5. The maximum atomic E-state index is 11.5. The van der Waals surface area contributed by atoms with E-state index in [1.807, 2.05) is 0 Å². The summed E-state index contributed by atoms with van der Waals surface area (Å²) in [5.74, 6) is -0.0767. The van der Waals surface area contributed by atoms with Crippen molar-refractivity contribution in [3.05, 3.63) is 29.2 Å². The van der Waals surface area contributed by atoms with E-state index in [9.17, 15) is 9.59 Å². The fraction of sp³-hybridized carbons (Fsp3) is 0.333. The molecule has 0 aliphatic heterocycles. The Labute approximate surface area is 99.0 Å². The lowest BCUT2D eigenvalue weighted by Gasteiger charge is -1.97. The molecule has 0 radical (unpaired) electrons. The van der Waals surface area contributed by atoms with Crippen LogP contribution >= 0.6 is 0 Å². The van der Waals surface area contributed by atoms with Gasteiger partial charge in [0.25, 0.3) is 0 Å². The Morgan fingerprint density at radius 3 is 2.76 bits per heavy atom. The van der Waals surface area contributed by atoms with Gasteiger partial charge in [-0.05, 0) is 26.0 Å². The van der Waals surface area contributed by atoms with Crippen LogP contribution in [-0.4, -0.2) is 25.7 Å². The lowest BCUT2D eigenvalue weighted by Crippen LogP contribution is -2.04. The molecule has 5 nitrogen and oxygen atoms in total. The van der Waals surface area contributed by atoms with Crippen molar-refractivity contribution in [2.24, 2.45) is 0 Å². The van der Waals surface area contributed by atoms with Gasteiger partial charge in [-0.25, -0.2) is 9.59 Å². The summed E-state index contributed by atoms with van der Waals surface area (Å²) >= 11 is 0. The summed E-state index contributed by atoms with van der Waals surface area (Å²) < 4.78 is 14.6. The summed E-state index contributed by atoms with van der Waals surface area (Å²) in [6.07, 6.45) is 2.65. The molecule has 1 rings (SSSR count). The van der Waals surface area contributed by atoms with Crippen LogP contribution in [0, 0.1) is 6.92 Å². The predicted octanol–water partition coefficient (Wildman–Crippen LogP) is 1.95. The highest BCUT2D eigenvalue weighted by Gasteiger charge is 2.14. The van der Waals surface area contributed by atoms with Crippen LogP contribution < -0.4 is 0 Å². The van der Waals surface area contributed by atoms with E-state index in [4.69, 9.17) is 9.15 Å². The van der Waals surface area contributed by atoms with Crippen molar-refractivity contribution in [2.75, 3.05) is 13.7 Å². The number of hydrogen-bond acceptors (Lipinski definition) is 5. The molecule has 5 heteroatoms. The molecule has 0 aromatic carbocycles. The molecular formula is C12H14O5. The summed E-state index contributed by atoms with van der Waals surface area (Å²) in [6, 6.07) is 1.52. The topological polar surface area (TPSA) is 65.7 Å². The summed E-state index contributed by atoms with van der Waals surface area (Å²) in [7, 11) is 1.28. The van der Waals surface area contributed by atoms with E-state index in [0.717, 1.165) is 0 Å². The standard InChI is InChI=1S/C12H14O5/c1-4-16-12(14)10-7-9(17-8(10)2)5-6-11(13)15-3/h5-7H,4H2,1-3H3/b6-5+. The third-order valence-electron chi connectivity index (χ3n) is 2.02. The van der Waals surface area contributed by atoms with Crippen LogP contribution in [-0.2, 0) is 14.3 Å². The zero-order valence-electron chi connectivity index (χ0n) is 9.98. The minimum Gasteiger partial charge on any atom is -0.466 e. The van der Waals surface area contributed by atoms with Crippen LogP contribution in [0.25, 0.3) is 6.08 Å². The molecular weight excluding hydrogens is 224 g/mol. The molecule has 0 spiro atoms. The first-order valence-corrected chi connectivity index (χ1v) is 5.12. The Hall–Kier alpha value is -2.04. The number of carbonyl (C=O) groups is 2. The van der Waals surface area contributed by atoms with Gasteiger partial charge in [0.1, 0.15) is 17.1 Å². The zero-order valence-corrected chi connectivity index (χ0v) is 9.98. The SMILES string of the molecule is CCOC(=O)c1cc(/C=C/C(=O)OC)oc1C. The fourth-order valence-corrected chi connectivity index (χ4v) is 1.22. The van der Waals surface area contributed by atoms with Crippen LogP contribution in [0.5, 0.6) is 0 Å². The first kappa shape index (κ1) is 13.0. The van der Waals surface area contributed by atoms with Crippen LogP contribution in [0.4, 0.5) is 0 Å². The lowest BCUT2D eigenvalue weighted by molar-refractivity contribution is -0.134. The highest BCUT2D eigenvalue weighted by atomic mass is 16.5. The number of furan rings is 1. The third-order valence-corrected chi connectivity index (χ3v) is 2.02. The molecule has 17 heavy (non-hydrogen) atoms. The van der Waals surface area contributed by atoms with Crippen LogP contribution in [0.15, 0.2) is 16.6 Å². The number of esters is 2. The quantitative estimate of drug-likeness (QED) is 0.592. The van der Waals surface area contributed by atoms with Gasteiger partial charge < -0.3 is 13.9 Å². The molecule has 0 bridgehead atoms. The van der Waals surface area contributed by atoms with Crippen molar-refractivity contribution in [1.29, 1.82) is 0 Å². The second-order valence-electron chi connectivity index (χ2n) is 3.20. The van der Waals surface area contributed by atoms with E-state index in [1.165, 1.54) is 25.3 Å². The minimum absolute atomic E-state index is 0.302. The van der Waals surface area contributed by atoms with Gasteiger partial charge in [-0.2, -0.15) is 0 Å².